The van der Waals surface area contributed by atoms with Gasteiger partial charge in [0.2, 0.25) is 5.91 Å². The lowest BCUT2D eigenvalue weighted by atomic mass is 10.0. The first-order valence-corrected chi connectivity index (χ1v) is 7.73. The molecule has 1 unspecified atom stereocenters. The molecule has 0 aliphatic carbocycles. The molecule has 6 nitrogen and oxygen atoms in total. The van der Waals surface area contributed by atoms with Crippen molar-refractivity contribution in [2.75, 3.05) is 18.8 Å². The number of piperidine rings is 1. The van der Waals surface area contributed by atoms with Crippen LogP contribution >= 0.6 is 11.8 Å². The predicted octanol–water partition coefficient (Wildman–Crippen LogP) is 2.08. The Morgan fingerprint density at radius 1 is 1.35 bits per heavy atom. The molecule has 112 valence electrons. The van der Waals surface area contributed by atoms with E-state index in [1.165, 1.54) is 4.90 Å². The van der Waals surface area contributed by atoms with E-state index in [1.807, 2.05) is 20.8 Å². The Kier molecular flexibility index (Phi) is 4.27. The summed E-state index contributed by atoms with van der Waals surface area (Å²) < 4.78 is 5.34. The van der Waals surface area contributed by atoms with Crippen LogP contribution in [0.4, 0.5) is 9.59 Å². The van der Waals surface area contributed by atoms with Gasteiger partial charge in [-0.25, -0.2) is 4.79 Å². The number of nitrogens with zero attached hydrogens (tertiary/aromatic N) is 2. The molecule has 2 heterocycles. The minimum atomic E-state index is -0.542. The number of likely N-dealkylation sites (tertiary alicyclic amines) is 1. The summed E-state index contributed by atoms with van der Waals surface area (Å²) in [6.45, 7) is 6.42. The third-order valence-electron chi connectivity index (χ3n) is 3.20. The average molecular weight is 300 g/mol. The van der Waals surface area contributed by atoms with E-state index < -0.39 is 5.60 Å². The summed E-state index contributed by atoms with van der Waals surface area (Å²) in [5.74, 6) is 0.0536. The van der Waals surface area contributed by atoms with Crippen LogP contribution in [0.15, 0.2) is 0 Å². The Bertz CT molecular complexity index is 417. The zero-order chi connectivity index (χ0) is 14.9. The summed E-state index contributed by atoms with van der Waals surface area (Å²) in [4.78, 5) is 38.4. The van der Waals surface area contributed by atoms with Crippen LogP contribution in [-0.4, -0.2) is 57.5 Å². The highest BCUT2D eigenvalue weighted by Gasteiger charge is 2.39. The highest BCUT2D eigenvalue weighted by atomic mass is 32.2. The fourth-order valence-electron chi connectivity index (χ4n) is 2.37. The van der Waals surface area contributed by atoms with Crippen molar-refractivity contribution in [2.45, 2.75) is 45.3 Å². The monoisotopic (exact) mass is 300 g/mol. The first-order valence-electron chi connectivity index (χ1n) is 6.74. The highest BCUT2D eigenvalue weighted by Crippen LogP contribution is 2.26. The van der Waals surface area contributed by atoms with Gasteiger partial charge < -0.3 is 9.64 Å². The summed E-state index contributed by atoms with van der Waals surface area (Å²) in [6.07, 6.45) is 1.14. The van der Waals surface area contributed by atoms with Crippen LogP contribution < -0.4 is 0 Å². The van der Waals surface area contributed by atoms with Gasteiger partial charge in [0, 0.05) is 13.1 Å². The molecule has 20 heavy (non-hydrogen) atoms. The van der Waals surface area contributed by atoms with E-state index in [4.69, 9.17) is 4.74 Å². The molecule has 0 saturated carbocycles. The van der Waals surface area contributed by atoms with Crippen LogP contribution in [0, 0.1) is 0 Å². The van der Waals surface area contributed by atoms with Crippen molar-refractivity contribution in [3.63, 3.8) is 0 Å². The second-order valence-electron chi connectivity index (χ2n) is 6.04. The van der Waals surface area contributed by atoms with Crippen LogP contribution in [0.1, 0.15) is 33.6 Å². The summed E-state index contributed by atoms with van der Waals surface area (Å²) >= 11 is 1.03. The van der Waals surface area contributed by atoms with Crippen molar-refractivity contribution in [2.24, 2.45) is 0 Å². The summed E-state index contributed by atoms with van der Waals surface area (Å²) in [7, 11) is 0. The normalized spacial score (nSPS) is 24.2. The molecule has 0 spiro atoms. The molecule has 7 heteroatoms. The van der Waals surface area contributed by atoms with Gasteiger partial charge in [0.1, 0.15) is 5.60 Å². The van der Waals surface area contributed by atoms with Gasteiger partial charge in [-0.2, -0.15) is 0 Å². The van der Waals surface area contributed by atoms with E-state index in [0.29, 0.717) is 13.1 Å². The Hall–Kier alpha value is -1.24. The smallest absolute Gasteiger partial charge is 0.410 e. The molecule has 0 radical (unpaired) electrons. The number of imide groups is 1. The maximum atomic E-state index is 12.0. The number of amides is 3. The van der Waals surface area contributed by atoms with Crippen LogP contribution in [-0.2, 0) is 9.53 Å². The molecular formula is C13H20N2O4S. The zero-order valence-corrected chi connectivity index (χ0v) is 12.9. The zero-order valence-electron chi connectivity index (χ0n) is 12.0. The van der Waals surface area contributed by atoms with E-state index in [0.717, 1.165) is 24.6 Å². The van der Waals surface area contributed by atoms with Gasteiger partial charge >= 0.3 is 6.09 Å². The van der Waals surface area contributed by atoms with E-state index in [2.05, 4.69) is 0 Å². The highest BCUT2D eigenvalue weighted by molar-refractivity contribution is 8.14. The maximum Gasteiger partial charge on any atom is 0.410 e. The Morgan fingerprint density at radius 2 is 2.05 bits per heavy atom. The topological polar surface area (TPSA) is 66.9 Å². The Morgan fingerprint density at radius 3 is 2.60 bits per heavy atom. The largest absolute Gasteiger partial charge is 0.444 e. The molecule has 0 aromatic carbocycles. The van der Waals surface area contributed by atoms with Gasteiger partial charge in [0.25, 0.3) is 5.24 Å². The van der Waals surface area contributed by atoms with Gasteiger partial charge in [-0.1, -0.05) is 11.8 Å². The minimum absolute atomic E-state index is 0.156. The van der Waals surface area contributed by atoms with Crippen LogP contribution in [0.5, 0.6) is 0 Å². The second-order valence-corrected chi connectivity index (χ2v) is 6.97. The van der Waals surface area contributed by atoms with E-state index in [1.54, 1.807) is 4.90 Å². The average Bonchev–Trinajstić information content (AvgIpc) is 2.67. The summed E-state index contributed by atoms with van der Waals surface area (Å²) in [5, 5.41) is -0.203. The molecule has 2 saturated heterocycles. The van der Waals surface area contributed by atoms with Crippen molar-refractivity contribution in [3.8, 4) is 0 Å². The van der Waals surface area contributed by atoms with Crippen LogP contribution in [0.3, 0.4) is 0 Å². The number of ether oxygens (including phenoxy) is 1. The molecule has 2 rings (SSSR count). The first-order chi connectivity index (χ1) is 9.28. The molecular weight excluding hydrogens is 280 g/mol. The van der Waals surface area contributed by atoms with Crippen molar-refractivity contribution in [3.05, 3.63) is 0 Å². The Balaban J connectivity index is 2.00. The van der Waals surface area contributed by atoms with Crippen molar-refractivity contribution in [1.29, 1.82) is 0 Å². The van der Waals surface area contributed by atoms with Gasteiger partial charge in [-0.3, -0.25) is 14.5 Å². The van der Waals surface area contributed by atoms with E-state index in [9.17, 15) is 14.4 Å². The molecule has 2 aliphatic heterocycles. The SMILES string of the molecule is CC(C)(C)OC(=O)N1CCCC(N2C(=O)CSC2=O)C1. The lowest BCUT2D eigenvalue weighted by Gasteiger charge is -2.36. The summed E-state index contributed by atoms with van der Waals surface area (Å²) in [5.41, 5.74) is -0.542. The molecule has 1 atom stereocenters. The van der Waals surface area contributed by atoms with E-state index >= 15 is 0 Å². The van der Waals surface area contributed by atoms with Crippen molar-refractivity contribution >= 4 is 29.0 Å². The quantitative estimate of drug-likeness (QED) is 0.741. The van der Waals surface area contributed by atoms with Gasteiger partial charge in [-0.15, -0.1) is 0 Å². The van der Waals surface area contributed by atoms with Crippen LogP contribution in [0.2, 0.25) is 0 Å². The number of thioether (sulfide) groups is 1. The molecule has 0 N–H and O–H groups in total. The fourth-order valence-corrected chi connectivity index (χ4v) is 3.15. The first kappa shape index (κ1) is 15.2. The van der Waals surface area contributed by atoms with Gasteiger partial charge in [-0.05, 0) is 33.6 Å². The van der Waals surface area contributed by atoms with Crippen molar-refractivity contribution in [1.82, 2.24) is 9.80 Å². The molecule has 0 aromatic rings. The Labute approximate surface area is 122 Å². The third kappa shape index (κ3) is 3.45. The minimum Gasteiger partial charge on any atom is -0.444 e. The number of carbonyl (C=O) groups excluding carboxylic acids is 3. The molecule has 3 amide bonds. The standard InChI is InChI=1S/C13H20N2O4S/c1-13(2,3)19-11(17)14-6-4-5-9(7-14)15-10(16)8-20-12(15)18/h9H,4-8H2,1-3H3. The molecule has 0 bridgehead atoms. The predicted molar refractivity (Wildman–Crippen MR) is 75.5 cm³/mol. The van der Waals surface area contributed by atoms with Gasteiger partial charge in [0.15, 0.2) is 0 Å². The van der Waals surface area contributed by atoms with Gasteiger partial charge in [0.05, 0.1) is 11.8 Å². The molecule has 2 aliphatic rings. The number of hydrogen-bond donors (Lipinski definition) is 0. The number of carbonyl (C=O) groups is 3. The van der Waals surface area contributed by atoms with Crippen molar-refractivity contribution < 1.29 is 19.1 Å². The molecule has 2 fully saturated rings. The lowest BCUT2D eigenvalue weighted by molar-refractivity contribution is -0.127. The third-order valence-corrected chi connectivity index (χ3v) is 4.03. The van der Waals surface area contributed by atoms with Crippen LogP contribution in [0.25, 0.3) is 0 Å². The van der Waals surface area contributed by atoms with E-state index in [-0.39, 0.29) is 29.0 Å². The lowest BCUT2D eigenvalue weighted by Crippen LogP contribution is -2.52. The molecule has 0 aromatic heterocycles. The number of rotatable bonds is 1. The summed E-state index contributed by atoms with van der Waals surface area (Å²) in [6, 6.07) is -0.216. The maximum absolute atomic E-state index is 12.0. The number of hydrogen-bond acceptors (Lipinski definition) is 5. The second kappa shape index (κ2) is 5.63. The fraction of sp³-hybridized carbons (Fsp3) is 0.769.